The highest BCUT2D eigenvalue weighted by molar-refractivity contribution is 4.65. The van der Waals surface area contributed by atoms with Gasteiger partial charge in [0.05, 0.1) is 6.61 Å². The summed E-state index contributed by atoms with van der Waals surface area (Å²) in [6.07, 6.45) is 5.32. The summed E-state index contributed by atoms with van der Waals surface area (Å²) in [5.41, 5.74) is 0. The molecule has 0 amide bonds. The molecule has 1 atom stereocenters. The van der Waals surface area contributed by atoms with Gasteiger partial charge in [-0.25, -0.2) is 0 Å². The molecular formula is C16H36N2O. The van der Waals surface area contributed by atoms with Crippen molar-refractivity contribution >= 4 is 0 Å². The van der Waals surface area contributed by atoms with Gasteiger partial charge in [-0.15, -0.1) is 0 Å². The lowest BCUT2D eigenvalue weighted by Crippen LogP contribution is -2.39. The number of nitrogens with one attached hydrogen (secondary N) is 1. The molecule has 1 unspecified atom stereocenters. The van der Waals surface area contributed by atoms with E-state index in [1.165, 1.54) is 25.7 Å². The summed E-state index contributed by atoms with van der Waals surface area (Å²) in [5.74, 6) is 0.721. The molecule has 0 saturated carbocycles. The Morgan fingerprint density at radius 2 is 1.84 bits per heavy atom. The lowest BCUT2D eigenvalue weighted by molar-refractivity contribution is 0.140. The van der Waals surface area contributed by atoms with Crippen LogP contribution in [0.15, 0.2) is 0 Å². The molecule has 3 heteroatoms. The highest BCUT2D eigenvalue weighted by Crippen LogP contribution is 2.03. The van der Waals surface area contributed by atoms with Gasteiger partial charge in [-0.3, -0.25) is 4.90 Å². The summed E-state index contributed by atoms with van der Waals surface area (Å²) in [6, 6.07) is 0.648. The molecule has 1 N–H and O–H groups in total. The van der Waals surface area contributed by atoms with Crippen molar-refractivity contribution in [3.05, 3.63) is 0 Å². The second-order valence-electron chi connectivity index (χ2n) is 6.04. The predicted molar refractivity (Wildman–Crippen MR) is 84.8 cm³/mol. The second kappa shape index (κ2) is 12.9. The Kier molecular flexibility index (Phi) is 12.8. The van der Waals surface area contributed by atoms with E-state index in [0.29, 0.717) is 6.04 Å². The van der Waals surface area contributed by atoms with Gasteiger partial charge in [0.2, 0.25) is 0 Å². The monoisotopic (exact) mass is 272 g/mol. The summed E-state index contributed by atoms with van der Waals surface area (Å²) in [6.45, 7) is 14.4. The molecule has 19 heavy (non-hydrogen) atoms. The molecule has 0 radical (unpaired) electrons. The van der Waals surface area contributed by atoms with Crippen LogP contribution < -0.4 is 5.32 Å². The molecule has 0 bridgehead atoms. The van der Waals surface area contributed by atoms with Crippen LogP contribution in [0.1, 0.15) is 53.4 Å². The number of hydrogen-bond acceptors (Lipinski definition) is 3. The van der Waals surface area contributed by atoms with Gasteiger partial charge in [0, 0.05) is 39.3 Å². The largest absolute Gasteiger partial charge is 0.383 e. The smallest absolute Gasteiger partial charge is 0.0589 e. The molecule has 0 heterocycles. The number of hydrogen-bond donors (Lipinski definition) is 1. The van der Waals surface area contributed by atoms with Gasteiger partial charge in [0.15, 0.2) is 0 Å². The lowest BCUT2D eigenvalue weighted by Gasteiger charge is -2.25. The molecule has 0 aliphatic carbocycles. The van der Waals surface area contributed by atoms with Gasteiger partial charge in [-0.2, -0.15) is 0 Å². The summed E-state index contributed by atoms with van der Waals surface area (Å²) in [7, 11) is 1.78. The fourth-order valence-corrected chi connectivity index (χ4v) is 2.30. The highest BCUT2D eigenvalue weighted by atomic mass is 16.5. The van der Waals surface area contributed by atoms with Crippen LogP contribution >= 0.6 is 0 Å². The Balaban J connectivity index is 3.71. The fourth-order valence-electron chi connectivity index (χ4n) is 2.30. The number of methoxy groups -OCH3 is 1. The van der Waals surface area contributed by atoms with Crippen molar-refractivity contribution in [2.45, 2.75) is 59.4 Å². The van der Waals surface area contributed by atoms with Gasteiger partial charge in [-0.05, 0) is 19.3 Å². The maximum Gasteiger partial charge on any atom is 0.0589 e. The third-order valence-electron chi connectivity index (χ3n) is 3.40. The molecule has 0 aromatic carbocycles. The van der Waals surface area contributed by atoms with Crippen molar-refractivity contribution in [3.63, 3.8) is 0 Å². The van der Waals surface area contributed by atoms with E-state index in [9.17, 15) is 0 Å². The number of rotatable bonds is 13. The first-order valence-corrected chi connectivity index (χ1v) is 8.04. The van der Waals surface area contributed by atoms with E-state index in [1.54, 1.807) is 7.11 Å². The maximum atomic E-state index is 5.18. The van der Waals surface area contributed by atoms with E-state index in [0.717, 1.165) is 38.7 Å². The molecule has 0 aliphatic rings. The molecule has 0 spiro atoms. The average molecular weight is 272 g/mol. The minimum absolute atomic E-state index is 0.648. The van der Waals surface area contributed by atoms with Gasteiger partial charge in [-0.1, -0.05) is 40.0 Å². The van der Waals surface area contributed by atoms with E-state index >= 15 is 0 Å². The van der Waals surface area contributed by atoms with E-state index in [4.69, 9.17) is 4.74 Å². The zero-order valence-corrected chi connectivity index (χ0v) is 13.9. The number of nitrogens with zero attached hydrogens (tertiary/aromatic N) is 1. The van der Waals surface area contributed by atoms with Crippen LogP contribution in [-0.4, -0.2) is 50.8 Å². The molecule has 0 aliphatic heterocycles. The predicted octanol–water partition coefficient (Wildman–Crippen LogP) is 3.15. The number of unbranched alkanes of at least 4 members (excludes halogenated alkanes) is 2. The van der Waals surface area contributed by atoms with Gasteiger partial charge in [0.1, 0.15) is 0 Å². The standard InChI is InChI=1S/C16H36N2O/c1-6-7-8-9-16(4)17-10-11-18(12-13-19-5)14-15(2)3/h15-17H,6-14H2,1-5H3. The number of ether oxygens (including phenoxy) is 1. The van der Waals surface area contributed by atoms with E-state index in [1.807, 2.05) is 0 Å². The Hall–Kier alpha value is -0.120. The zero-order chi connectivity index (χ0) is 14.5. The van der Waals surface area contributed by atoms with Crippen LogP contribution in [0, 0.1) is 5.92 Å². The molecule has 3 nitrogen and oxygen atoms in total. The Morgan fingerprint density at radius 1 is 1.11 bits per heavy atom. The third kappa shape index (κ3) is 12.6. The fraction of sp³-hybridized carbons (Fsp3) is 1.00. The van der Waals surface area contributed by atoms with Crippen LogP contribution in [-0.2, 0) is 4.74 Å². The van der Waals surface area contributed by atoms with Gasteiger partial charge in [0.25, 0.3) is 0 Å². The van der Waals surface area contributed by atoms with Gasteiger partial charge < -0.3 is 10.1 Å². The second-order valence-corrected chi connectivity index (χ2v) is 6.04. The van der Waals surface area contributed by atoms with Crippen molar-refractivity contribution in [1.29, 1.82) is 0 Å². The van der Waals surface area contributed by atoms with Crippen molar-refractivity contribution in [2.75, 3.05) is 39.9 Å². The molecule has 0 rings (SSSR count). The first-order chi connectivity index (χ1) is 9.10. The van der Waals surface area contributed by atoms with Crippen LogP contribution in [0.3, 0.4) is 0 Å². The van der Waals surface area contributed by atoms with E-state index < -0.39 is 0 Å². The van der Waals surface area contributed by atoms with Crippen LogP contribution in [0.5, 0.6) is 0 Å². The minimum Gasteiger partial charge on any atom is -0.383 e. The average Bonchev–Trinajstić information content (AvgIpc) is 2.35. The summed E-state index contributed by atoms with van der Waals surface area (Å²) in [4.78, 5) is 2.50. The van der Waals surface area contributed by atoms with Crippen molar-refractivity contribution in [3.8, 4) is 0 Å². The van der Waals surface area contributed by atoms with Crippen LogP contribution in [0.4, 0.5) is 0 Å². The first-order valence-electron chi connectivity index (χ1n) is 8.04. The van der Waals surface area contributed by atoms with Crippen molar-refractivity contribution in [2.24, 2.45) is 5.92 Å². The first kappa shape index (κ1) is 18.9. The Bertz CT molecular complexity index is 186. The Labute approximate surface area is 121 Å². The molecule has 0 saturated heterocycles. The topological polar surface area (TPSA) is 24.5 Å². The van der Waals surface area contributed by atoms with Crippen LogP contribution in [0.25, 0.3) is 0 Å². The van der Waals surface area contributed by atoms with Crippen molar-refractivity contribution in [1.82, 2.24) is 10.2 Å². The van der Waals surface area contributed by atoms with Crippen molar-refractivity contribution < 1.29 is 4.74 Å². The third-order valence-corrected chi connectivity index (χ3v) is 3.40. The summed E-state index contributed by atoms with van der Waals surface area (Å²) in [5, 5.41) is 3.64. The highest BCUT2D eigenvalue weighted by Gasteiger charge is 2.07. The molecule has 0 fully saturated rings. The molecule has 116 valence electrons. The SMILES string of the molecule is CCCCCC(C)NCCN(CCOC)CC(C)C. The molecule has 0 aromatic heterocycles. The Morgan fingerprint density at radius 3 is 2.42 bits per heavy atom. The minimum atomic E-state index is 0.648. The summed E-state index contributed by atoms with van der Waals surface area (Å²) < 4.78 is 5.18. The molecule has 0 aromatic rings. The summed E-state index contributed by atoms with van der Waals surface area (Å²) >= 11 is 0. The van der Waals surface area contributed by atoms with Crippen LogP contribution in [0.2, 0.25) is 0 Å². The zero-order valence-electron chi connectivity index (χ0n) is 13.9. The van der Waals surface area contributed by atoms with E-state index in [2.05, 4.69) is 37.9 Å². The lowest BCUT2D eigenvalue weighted by atomic mass is 10.1. The molecular weight excluding hydrogens is 236 g/mol. The quantitative estimate of drug-likeness (QED) is 0.521. The maximum absolute atomic E-state index is 5.18. The normalized spacial score (nSPS) is 13.4. The van der Waals surface area contributed by atoms with E-state index in [-0.39, 0.29) is 0 Å². The van der Waals surface area contributed by atoms with Gasteiger partial charge >= 0.3 is 0 Å².